The van der Waals surface area contributed by atoms with E-state index >= 15 is 0 Å². The summed E-state index contributed by atoms with van der Waals surface area (Å²) in [7, 11) is 1.39. The molecule has 2 fully saturated rings. The Kier molecular flexibility index (Phi) is 7.40. The first-order valence-corrected chi connectivity index (χ1v) is 10.4. The summed E-state index contributed by atoms with van der Waals surface area (Å²) in [6.07, 6.45) is -2.63. The number of rotatable bonds is 6. The summed E-state index contributed by atoms with van der Waals surface area (Å²) in [6, 6.07) is 2.11. The number of methoxy groups -OCH3 is 1. The van der Waals surface area contributed by atoms with Crippen molar-refractivity contribution in [1.29, 1.82) is 0 Å². The van der Waals surface area contributed by atoms with E-state index in [0.717, 1.165) is 11.0 Å². The van der Waals surface area contributed by atoms with Gasteiger partial charge in [-0.3, -0.25) is 14.5 Å². The molecule has 1 N–H and O–H groups in total. The minimum absolute atomic E-state index is 0.0191. The second-order valence-corrected chi connectivity index (χ2v) is 8.10. The highest BCUT2D eigenvalue weighted by molar-refractivity contribution is 5.94. The van der Waals surface area contributed by atoms with E-state index in [0.29, 0.717) is 38.9 Å². The van der Waals surface area contributed by atoms with E-state index in [1.165, 1.54) is 19.2 Å². The number of carbonyl (C=O) groups excluding carboxylic acids is 2. The molecule has 1 atom stereocenters. The lowest BCUT2D eigenvalue weighted by atomic mass is 9.96. The molecule has 0 saturated carbocycles. The van der Waals surface area contributed by atoms with Crippen molar-refractivity contribution in [3.63, 3.8) is 0 Å². The maximum Gasteiger partial charge on any atom is 0.408 e. The number of carbonyl (C=O) groups is 2. The monoisotopic (exact) mass is 445 g/mol. The number of piperidine rings is 1. The highest BCUT2D eigenvalue weighted by atomic mass is 19.4. The minimum atomic E-state index is -4.39. The number of nitrogens with zero attached hydrogens (tertiary/aromatic N) is 2. The van der Waals surface area contributed by atoms with Gasteiger partial charge < -0.3 is 15.0 Å². The fourth-order valence-corrected chi connectivity index (χ4v) is 4.19. The van der Waals surface area contributed by atoms with Crippen LogP contribution in [0.5, 0.6) is 5.75 Å². The van der Waals surface area contributed by atoms with Crippen molar-refractivity contribution in [2.24, 2.45) is 5.92 Å². The topological polar surface area (TPSA) is 61.9 Å². The van der Waals surface area contributed by atoms with Gasteiger partial charge in [-0.15, -0.1) is 0 Å². The van der Waals surface area contributed by atoms with Gasteiger partial charge in [0.2, 0.25) is 5.91 Å². The number of hydrogen-bond acceptors (Lipinski definition) is 4. The third kappa shape index (κ3) is 6.09. The number of nitrogens with one attached hydrogen (secondary N) is 1. The standard InChI is InChI=1S/C21H27F4N3O3/c1-31-17-10-15(9-16(22)11-17)20(30)26-12-14-4-7-27(8-5-14)13-19(29)28-6-2-3-18(28)21(23,24)25/h9-11,14,18H,2-8,12-13H2,1H3,(H,26,30). The minimum Gasteiger partial charge on any atom is -0.497 e. The lowest BCUT2D eigenvalue weighted by molar-refractivity contribution is -0.183. The molecule has 1 unspecified atom stereocenters. The van der Waals surface area contributed by atoms with Crippen molar-refractivity contribution >= 4 is 11.8 Å². The molecule has 6 nitrogen and oxygen atoms in total. The third-order valence-electron chi connectivity index (χ3n) is 5.94. The van der Waals surface area contributed by atoms with Crippen LogP contribution in [-0.2, 0) is 4.79 Å². The fraction of sp³-hybridized carbons (Fsp3) is 0.619. The van der Waals surface area contributed by atoms with Crippen LogP contribution in [0.3, 0.4) is 0 Å². The zero-order valence-electron chi connectivity index (χ0n) is 17.4. The van der Waals surface area contributed by atoms with Gasteiger partial charge in [-0.2, -0.15) is 13.2 Å². The maximum absolute atomic E-state index is 13.6. The zero-order valence-corrected chi connectivity index (χ0v) is 17.4. The van der Waals surface area contributed by atoms with Crippen molar-refractivity contribution in [2.75, 3.05) is 39.8 Å². The first kappa shape index (κ1) is 23.3. The Morgan fingerprint density at radius 3 is 2.48 bits per heavy atom. The number of hydrogen-bond donors (Lipinski definition) is 1. The van der Waals surface area contributed by atoms with Crippen LogP contribution >= 0.6 is 0 Å². The summed E-state index contributed by atoms with van der Waals surface area (Å²) in [4.78, 5) is 27.5. The van der Waals surface area contributed by atoms with Gasteiger partial charge in [0.1, 0.15) is 17.6 Å². The summed E-state index contributed by atoms with van der Waals surface area (Å²) in [5.74, 6) is -1.00. The van der Waals surface area contributed by atoms with Crippen molar-refractivity contribution in [2.45, 2.75) is 37.9 Å². The van der Waals surface area contributed by atoms with Gasteiger partial charge in [0.05, 0.1) is 13.7 Å². The lowest BCUT2D eigenvalue weighted by Crippen LogP contribution is -2.49. The molecule has 2 heterocycles. The second-order valence-electron chi connectivity index (χ2n) is 8.10. The molecule has 1 aromatic carbocycles. The van der Waals surface area contributed by atoms with Gasteiger partial charge in [0, 0.05) is 24.7 Å². The average molecular weight is 445 g/mol. The second kappa shape index (κ2) is 9.84. The van der Waals surface area contributed by atoms with E-state index in [9.17, 15) is 27.2 Å². The summed E-state index contributed by atoms with van der Waals surface area (Å²) in [6.45, 7) is 1.68. The smallest absolute Gasteiger partial charge is 0.408 e. The molecule has 31 heavy (non-hydrogen) atoms. The van der Waals surface area contributed by atoms with Gasteiger partial charge in [0.15, 0.2) is 0 Å². The van der Waals surface area contributed by atoms with E-state index < -0.39 is 29.8 Å². The Labute approximate surface area is 178 Å². The molecule has 2 aliphatic heterocycles. The molecule has 0 aliphatic carbocycles. The zero-order chi connectivity index (χ0) is 22.6. The van der Waals surface area contributed by atoms with Gasteiger partial charge in [-0.05, 0) is 56.8 Å². The van der Waals surface area contributed by atoms with E-state index in [1.54, 1.807) is 0 Å². The summed E-state index contributed by atoms with van der Waals surface area (Å²) in [5, 5.41) is 2.79. The first-order chi connectivity index (χ1) is 14.7. The highest BCUT2D eigenvalue weighted by Gasteiger charge is 2.47. The molecule has 1 aromatic rings. The van der Waals surface area contributed by atoms with Crippen molar-refractivity contribution in [3.8, 4) is 5.75 Å². The summed E-state index contributed by atoms with van der Waals surface area (Å²) in [5.41, 5.74) is 0.171. The molecule has 10 heteroatoms. The van der Waals surface area contributed by atoms with Crippen LogP contribution in [0.15, 0.2) is 18.2 Å². The van der Waals surface area contributed by atoms with Gasteiger partial charge >= 0.3 is 6.18 Å². The average Bonchev–Trinajstić information content (AvgIpc) is 3.23. The highest BCUT2D eigenvalue weighted by Crippen LogP contribution is 2.32. The van der Waals surface area contributed by atoms with Crippen molar-refractivity contribution in [3.05, 3.63) is 29.6 Å². The van der Waals surface area contributed by atoms with Gasteiger partial charge in [-0.1, -0.05) is 0 Å². The van der Waals surface area contributed by atoms with Crippen LogP contribution in [-0.4, -0.2) is 73.7 Å². The predicted octanol–water partition coefficient (Wildman–Crippen LogP) is 2.83. The van der Waals surface area contributed by atoms with E-state index in [1.807, 2.05) is 4.90 Å². The third-order valence-corrected chi connectivity index (χ3v) is 5.94. The van der Waals surface area contributed by atoms with Gasteiger partial charge in [0.25, 0.3) is 5.91 Å². The van der Waals surface area contributed by atoms with Crippen molar-refractivity contribution in [1.82, 2.24) is 15.1 Å². The molecule has 2 saturated heterocycles. The Morgan fingerprint density at radius 2 is 1.84 bits per heavy atom. The number of ether oxygens (including phenoxy) is 1. The summed E-state index contributed by atoms with van der Waals surface area (Å²) < 4.78 is 57.7. The Bertz CT molecular complexity index is 795. The molecular formula is C21H27F4N3O3. The molecular weight excluding hydrogens is 418 g/mol. The fourth-order valence-electron chi connectivity index (χ4n) is 4.19. The molecule has 172 valence electrons. The van der Waals surface area contributed by atoms with Crippen LogP contribution in [0.4, 0.5) is 17.6 Å². The Hall–Kier alpha value is -2.36. The Balaban J connectivity index is 1.43. The predicted molar refractivity (Wildman–Crippen MR) is 105 cm³/mol. The number of benzene rings is 1. The lowest BCUT2D eigenvalue weighted by Gasteiger charge is -2.34. The van der Waals surface area contributed by atoms with E-state index in [2.05, 4.69) is 5.32 Å². The van der Waals surface area contributed by atoms with Crippen molar-refractivity contribution < 1.29 is 31.9 Å². The van der Waals surface area contributed by atoms with Crippen LogP contribution < -0.4 is 10.1 Å². The van der Waals surface area contributed by atoms with E-state index in [4.69, 9.17) is 4.74 Å². The normalized spacial score (nSPS) is 20.7. The first-order valence-electron chi connectivity index (χ1n) is 10.4. The molecule has 0 spiro atoms. The number of alkyl halides is 3. The SMILES string of the molecule is COc1cc(F)cc(C(=O)NCC2CCN(CC(=O)N3CCCC3C(F)(F)F)CC2)c1. The molecule has 0 radical (unpaired) electrons. The molecule has 2 aliphatic rings. The molecule has 3 rings (SSSR count). The van der Waals surface area contributed by atoms with Crippen LogP contribution in [0.1, 0.15) is 36.0 Å². The van der Waals surface area contributed by atoms with Gasteiger partial charge in [-0.25, -0.2) is 4.39 Å². The number of likely N-dealkylation sites (tertiary alicyclic amines) is 2. The molecule has 0 bridgehead atoms. The number of amides is 2. The molecule has 2 amide bonds. The molecule has 0 aromatic heterocycles. The van der Waals surface area contributed by atoms with Crippen LogP contribution in [0.2, 0.25) is 0 Å². The Morgan fingerprint density at radius 1 is 1.13 bits per heavy atom. The van der Waals surface area contributed by atoms with E-state index in [-0.39, 0.29) is 36.7 Å². The summed E-state index contributed by atoms with van der Waals surface area (Å²) >= 11 is 0. The quantitative estimate of drug-likeness (QED) is 0.685. The van der Waals surface area contributed by atoms with Crippen LogP contribution in [0, 0.1) is 11.7 Å². The largest absolute Gasteiger partial charge is 0.497 e. The number of halogens is 4. The van der Waals surface area contributed by atoms with Crippen LogP contribution in [0.25, 0.3) is 0 Å². The maximum atomic E-state index is 13.6.